The predicted octanol–water partition coefficient (Wildman–Crippen LogP) is 24.8. The second-order valence-electron chi connectivity index (χ2n) is 19.1. The molecule has 10 aromatic rings. The van der Waals surface area contributed by atoms with E-state index in [9.17, 15) is 0 Å². The van der Waals surface area contributed by atoms with Gasteiger partial charge in [-0.25, -0.2) is 19.9 Å². The highest BCUT2D eigenvalue weighted by molar-refractivity contribution is 5.20. The monoisotopic (exact) mass is 1380 g/mol. The Kier molecular flexibility index (Phi) is 97.1. The van der Waals surface area contributed by atoms with Crippen LogP contribution in [0.2, 0.25) is 0 Å². The van der Waals surface area contributed by atoms with Crippen LogP contribution in [0.3, 0.4) is 0 Å². The van der Waals surface area contributed by atoms with E-state index < -0.39 is 0 Å². The van der Waals surface area contributed by atoms with Gasteiger partial charge in [-0.1, -0.05) is 198 Å². The minimum atomic E-state index is 0.829. The third-order valence-electron chi connectivity index (χ3n) is 10.0. The summed E-state index contributed by atoms with van der Waals surface area (Å²) in [5, 5.41) is 7.66. The Bertz CT molecular complexity index is 2170. The molecule has 9 heterocycles. The quantitative estimate of drug-likeness (QED) is 0.140. The molecule has 100 heavy (non-hydrogen) atoms. The summed E-state index contributed by atoms with van der Waals surface area (Å²) < 4.78 is 0. The van der Waals surface area contributed by atoms with E-state index in [1.807, 2.05) is 349 Å². The highest BCUT2D eigenvalue weighted by Gasteiger charge is 1.88. The lowest BCUT2D eigenvalue weighted by Crippen LogP contribution is -1.86. The number of benzene rings is 1. The van der Waals surface area contributed by atoms with E-state index in [0.717, 1.165) is 79.7 Å². The highest BCUT2D eigenvalue weighted by Crippen LogP contribution is 2.01. The largest absolute Gasteiger partial charge is 0.261 e. The first-order chi connectivity index (χ1) is 47.9. The molecule has 0 aliphatic heterocycles. The summed E-state index contributed by atoms with van der Waals surface area (Å²) in [5.74, 6) is 1.66. The maximum atomic E-state index is 4.08. The second kappa shape index (κ2) is 86.3. The maximum absolute atomic E-state index is 4.08. The van der Waals surface area contributed by atoms with Crippen molar-refractivity contribution in [3.8, 4) is 0 Å². The maximum Gasteiger partial charge on any atom is 0.125 e. The summed E-state index contributed by atoms with van der Waals surface area (Å²) in [6.45, 7) is 79.5. The number of rotatable bonds is 0. The zero-order valence-electron chi connectivity index (χ0n) is 71.3. The molecule has 0 fully saturated rings. The molecular weight excluding hydrogens is 1230 g/mol. The van der Waals surface area contributed by atoms with Crippen molar-refractivity contribution in [3.63, 3.8) is 0 Å². The van der Waals surface area contributed by atoms with E-state index in [0.29, 0.717) is 0 Å². The van der Waals surface area contributed by atoms with Crippen LogP contribution in [-0.4, -0.2) is 70.0 Å². The van der Waals surface area contributed by atoms with Crippen LogP contribution >= 0.6 is 0 Å². The molecule has 560 valence electrons. The first kappa shape index (κ1) is 113. The van der Waals surface area contributed by atoms with Crippen LogP contribution in [0, 0.1) is 138 Å². The van der Waals surface area contributed by atoms with E-state index in [4.69, 9.17) is 0 Å². The Hall–Kier alpha value is -8.78. The number of hydrogen-bond acceptors (Lipinski definition) is 14. The van der Waals surface area contributed by atoms with E-state index in [1.165, 1.54) is 33.4 Å². The standard InChI is InChI=1S/C8H10.4C7H9N.5C6H8N2.10C2H6/c1-7-3-5-8(2)6-4-7;4*1-6-3-4-7(2)8-5-6;2*1-5-3-8-6(2)4-7-5;2*1-5-3-7-6(2)8-4-5;1-5-3-4-6(2)8-7-5;10*1-2/h3-6H,1-2H3;4*3-5H,1-2H3;5*3-4H,1-2H3;10*1-2H3. The summed E-state index contributed by atoms with van der Waals surface area (Å²) in [6, 6.07) is 28.6. The average molecular weight is 1380 g/mol. The van der Waals surface area contributed by atoms with Gasteiger partial charge in [0.15, 0.2) is 0 Å². The van der Waals surface area contributed by atoms with Gasteiger partial charge in [0, 0.05) is 97.1 Å². The first-order valence-electron chi connectivity index (χ1n) is 36.3. The van der Waals surface area contributed by atoms with Crippen molar-refractivity contribution in [2.24, 2.45) is 0 Å². The lowest BCUT2D eigenvalue weighted by Gasteiger charge is -1.90. The van der Waals surface area contributed by atoms with Gasteiger partial charge in [0.05, 0.1) is 34.2 Å². The van der Waals surface area contributed by atoms with Crippen LogP contribution < -0.4 is 0 Å². The van der Waals surface area contributed by atoms with Crippen LogP contribution in [0.25, 0.3) is 0 Å². The summed E-state index contributed by atoms with van der Waals surface area (Å²) in [5.41, 5.74) is 19.9. The van der Waals surface area contributed by atoms with Gasteiger partial charge in [-0.2, -0.15) is 10.2 Å². The first-order valence-corrected chi connectivity index (χ1v) is 36.3. The van der Waals surface area contributed by atoms with Crippen molar-refractivity contribution in [1.29, 1.82) is 0 Å². The third-order valence-corrected chi connectivity index (χ3v) is 10.0. The Morgan fingerprint density at radius 3 is 0.390 bits per heavy atom. The summed E-state index contributed by atoms with van der Waals surface area (Å²) in [7, 11) is 0. The molecule has 0 unspecified atom stereocenters. The van der Waals surface area contributed by atoms with Gasteiger partial charge < -0.3 is 0 Å². The number of nitrogens with zero attached hydrogens (tertiary/aromatic N) is 14. The molecule has 1 aromatic carbocycles. The molecule has 9 aromatic heterocycles. The molecule has 0 aliphatic carbocycles. The van der Waals surface area contributed by atoms with Crippen LogP contribution in [0.15, 0.2) is 159 Å². The number of hydrogen-bond donors (Lipinski definition) is 0. The van der Waals surface area contributed by atoms with Crippen LogP contribution in [0.4, 0.5) is 0 Å². The Balaban J connectivity index is -0.000000109. The third kappa shape index (κ3) is 83.4. The van der Waals surface area contributed by atoms with Crippen LogP contribution in [-0.2, 0) is 0 Å². The van der Waals surface area contributed by atoms with Gasteiger partial charge in [-0.15, -0.1) is 0 Å². The molecule has 14 heteroatoms. The van der Waals surface area contributed by atoms with Crippen molar-refractivity contribution in [2.75, 3.05) is 0 Å². The van der Waals surface area contributed by atoms with E-state index >= 15 is 0 Å². The number of pyridine rings is 4. The molecule has 0 aliphatic rings. The van der Waals surface area contributed by atoms with Crippen molar-refractivity contribution in [1.82, 2.24) is 70.0 Å². The van der Waals surface area contributed by atoms with Crippen LogP contribution in [0.5, 0.6) is 0 Å². The van der Waals surface area contributed by atoms with Gasteiger partial charge in [0.2, 0.25) is 0 Å². The molecule has 0 atom stereocenters. The van der Waals surface area contributed by atoms with Gasteiger partial charge in [-0.3, -0.25) is 39.9 Å². The van der Waals surface area contributed by atoms with E-state index in [-0.39, 0.29) is 0 Å². The fourth-order valence-corrected chi connectivity index (χ4v) is 5.10. The molecule has 10 rings (SSSR count). The SMILES string of the molecule is CC.CC.CC.CC.CC.CC.CC.CC.CC.CC.Cc1ccc(C)cc1.Cc1ccc(C)nc1.Cc1ccc(C)nc1.Cc1ccc(C)nc1.Cc1ccc(C)nc1.Cc1ccc(C)nn1.Cc1cnc(C)cn1.Cc1cnc(C)cn1.Cc1cnc(C)nc1.Cc1cnc(C)nc1. The van der Waals surface area contributed by atoms with Crippen molar-refractivity contribution in [3.05, 3.63) is 272 Å². The topological polar surface area (TPSA) is 180 Å². The molecule has 0 spiro atoms. The lowest BCUT2D eigenvalue weighted by molar-refractivity contribution is 0.941. The normalized spacial score (nSPS) is 8.00. The van der Waals surface area contributed by atoms with Gasteiger partial charge >= 0.3 is 0 Å². The van der Waals surface area contributed by atoms with Gasteiger partial charge in [0.25, 0.3) is 0 Å². The summed E-state index contributed by atoms with van der Waals surface area (Å²) in [4.78, 5) is 48.3. The molecule has 0 N–H and O–H groups in total. The minimum absolute atomic E-state index is 0.829. The Labute approximate surface area is 616 Å². The lowest BCUT2D eigenvalue weighted by atomic mass is 10.2. The van der Waals surface area contributed by atoms with Gasteiger partial charge in [-0.05, 0) is 208 Å². The van der Waals surface area contributed by atoms with E-state index in [2.05, 4.69) is 132 Å². The molecule has 14 nitrogen and oxygen atoms in total. The highest BCUT2D eigenvalue weighted by atomic mass is 15.1. The predicted molar refractivity (Wildman–Crippen MR) is 442 cm³/mol. The molecule has 0 radical (unpaired) electrons. The molecular formula is C86H146N14. The molecule has 0 saturated carbocycles. The summed E-state index contributed by atoms with van der Waals surface area (Å²) >= 11 is 0. The van der Waals surface area contributed by atoms with Crippen molar-refractivity contribution < 1.29 is 0 Å². The number of aromatic nitrogens is 14. The second-order valence-corrected chi connectivity index (χ2v) is 19.1. The minimum Gasteiger partial charge on any atom is -0.261 e. The fourth-order valence-electron chi connectivity index (χ4n) is 5.10. The van der Waals surface area contributed by atoms with Gasteiger partial charge in [0.1, 0.15) is 11.6 Å². The van der Waals surface area contributed by atoms with E-state index in [1.54, 1.807) is 24.8 Å². The Morgan fingerprint density at radius 2 is 0.270 bits per heavy atom. The smallest absolute Gasteiger partial charge is 0.125 e. The fraction of sp³-hybridized carbons (Fsp3) is 0.465. The van der Waals surface area contributed by atoms with Crippen molar-refractivity contribution >= 4 is 0 Å². The van der Waals surface area contributed by atoms with Crippen molar-refractivity contribution in [2.45, 2.75) is 277 Å². The molecule has 0 amide bonds. The molecule has 0 bridgehead atoms. The average Bonchev–Trinajstić information content (AvgIpc) is 3.63. The van der Waals surface area contributed by atoms with Crippen LogP contribution in [0.1, 0.15) is 252 Å². The summed E-state index contributed by atoms with van der Waals surface area (Å²) in [6.07, 6.45) is 21.8. The number of aryl methyl sites for hydroxylation is 20. The molecule has 0 saturated heterocycles. The zero-order valence-corrected chi connectivity index (χ0v) is 71.3. The Morgan fingerprint density at radius 1 is 0.130 bits per heavy atom. The zero-order chi connectivity index (χ0) is 79.8.